The Morgan fingerprint density at radius 3 is 2.60 bits per heavy atom. The molecule has 0 saturated carbocycles. The standard InChI is InChI=1S/C11H18N2O2/c1-8(10-6-5-7-15-10)12-9(2)11(14)13(3)4/h5-9,12H,1-4H3. The van der Waals surface area contributed by atoms with E-state index in [1.54, 1.807) is 25.3 Å². The number of amides is 1. The maximum atomic E-state index is 11.6. The van der Waals surface area contributed by atoms with Crippen LogP contribution in [0.4, 0.5) is 0 Å². The molecule has 0 fully saturated rings. The molecule has 4 heteroatoms. The Hall–Kier alpha value is -1.29. The second-order valence-corrected chi connectivity index (χ2v) is 3.86. The van der Waals surface area contributed by atoms with Gasteiger partial charge < -0.3 is 9.32 Å². The Bertz CT molecular complexity index is 306. The summed E-state index contributed by atoms with van der Waals surface area (Å²) in [6.07, 6.45) is 1.63. The fourth-order valence-electron chi connectivity index (χ4n) is 1.45. The van der Waals surface area contributed by atoms with E-state index in [0.29, 0.717) is 0 Å². The first-order valence-electron chi connectivity index (χ1n) is 5.03. The maximum Gasteiger partial charge on any atom is 0.238 e. The lowest BCUT2D eigenvalue weighted by atomic mass is 10.2. The summed E-state index contributed by atoms with van der Waals surface area (Å²) >= 11 is 0. The quantitative estimate of drug-likeness (QED) is 0.817. The van der Waals surface area contributed by atoms with Crippen LogP contribution in [0.1, 0.15) is 25.6 Å². The predicted molar refractivity (Wildman–Crippen MR) is 58.4 cm³/mol. The summed E-state index contributed by atoms with van der Waals surface area (Å²) < 4.78 is 5.25. The molecule has 0 spiro atoms. The van der Waals surface area contributed by atoms with Crippen molar-refractivity contribution >= 4 is 5.91 Å². The van der Waals surface area contributed by atoms with E-state index in [0.717, 1.165) is 5.76 Å². The van der Waals surface area contributed by atoms with Crippen molar-refractivity contribution in [3.63, 3.8) is 0 Å². The fraction of sp³-hybridized carbons (Fsp3) is 0.545. The molecule has 84 valence electrons. The van der Waals surface area contributed by atoms with E-state index < -0.39 is 0 Å². The highest BCUT2D eigenvalue weighted by molar-refractivity contribution is 5.80. The van der Waals surface area contributed by atoms with Gasteiger partial charge in [-0.25, -0.2) is 0 Å². The number of carbonyl (C=O) groups excluding carboxylic acids is 1. The zero-order chi connectivity index (χ0) is 11.4. The second-order valence-electron chi connectivity index (χ2n) is 3.86. The Morgan fingerprint density at radius 1 is 1.47 bits per heavy atom. The Labute approximate surface area is 90.3 Å². The van der Waals surface area contributed by atoms with E-state index in [1.165, 1.54) is 0 Å². The van der Waals surface area contributed by atoms with Gasteiger partial charge in [0.1, 0.15) is 5.76 Å². The number of nitrogens with zero attached hydrogens (tertiary/aromatic N) is 1. The first-order valence-corrected chi connectivity index (χ1v) is 5.03. The van der Waals surface area contributed by atoms with Crippen LogP contribution in [0, 0.1) is 0 Å². The zero-order valence-electron chi connectivity index (χ0n) is 9.65. The van der Waals surface area contributed by atoms with Crippen LogP contribution in [0.25, 0.3) is 0 Å². The van der Waals surface area contributed by atoms with Crippen LogP contribution in [-0.4, -0.2) is 30.9 Å². The van der Waals surface area contributed by atoms with Crippen molar-refractivity contribution in [3.8, 4) is 0 Å². The molecular weight excluding hydrogens is 192 g/mol. The van der Waals surface area contributed by atoms with Gasteiger partial charge in [0.15, 0.2) is 0 Å². The molecule has 1 rings (SSSR count). The maximum absolute atomic E-state index is 11.6. The van der Waals surface area contributed by atoms with Crippen LogP contribution in [-0.2, 0) is 4.79 Å². The number of hydrogen-bond acceptors (Lipinski definition) is 3. The molecule has 1 aromatic rings. The van der Waals surface area contributed by atoms with E-state index in [4.69, 9.17) is 4.42 Å². The van der Waals surface area contributed by atoms with Crippen molar-refractivity contribution in [1.82, 2.24) is 10.2 Å². The van der Waals surface area contributed by atoms with E-state index in [9.17, 15) is 4.79 Å². The topological polar surface area (TPSA) is 45.5 Å². The minimum absolute atomic E-state index is 0.0406. The van der Waals surface area contributed by atoms with E-state index in [-0.39, 0.29) is 18.0 Å². The summed E-state index contributed by atoms with van der Waals surface area (Å²) in [6, 6.07) is 3.57. The van der Waals surface area contributed by atoms with Crippen LogP contribution in [0.15, 0.2) is 22.8 Å². The van der Waals surface area contributed by atoms with Gasteiger partial charge in [0, 0.05) is 14.1 Å². The summed E-state index contributed by atoms with van der Waals surface area (Å²) in [4.78, 5) is 13.2. The summed E-state index contributed by atoms with van der Waals surface area (Å²) in [5, 5.41) is 3.18. The number of hydrogen-bond donors (Lipinski definition) is 1. The van der Waals surface area contributed by atoms with Gasteiger partial charge in [0.05, 0.1) is 18.3 Å². The summed E-state index contributed by atoms with van der Waals surface area (Å²) in [6.45, 7) is 3.82. The molecule has 1 aromatic heterocycles. The Morgan fingerprint density at radius 2 is 2.13 bits per heavy atom. The highest BCUT2D eigenvalue weighted by atomic mass is 16.3. The summed E-state index contributed by atoms with van der Waals surface area (Å²) in [5.74, 6) is 0.904. The third-order valence-electron chi connectivity index (χ3n) is 2.28. The van der Waals surface area contributed by atoms with Gasteiger partial charge in [-0.15, -0.1) is 0 Å². The van der Waals surface area contributed by atoms with Crippen molar-refractivity contribution in [2.24, 2.45) is 0 Å². The molecule has 0 saturated heterocycles. The molecule has 0 aliphatic rings. The van der Waals surface area contributed by atoms with Crippen LogP contribution < -0.4 is 5.32 Å². The van der Waals surface area contributed by atoms with Gasteiger partial charge in [0.2, 0.25) is 5.91 Å². The number of likely N-dealkylation sites (N-methyl/N-ethyl adjacent to an activating group) is 1. The van der Waals surface area contributed by atoms with Gasteiger partial charge in [-0.2, -0.15) is 0 Å². The van der Waals surface area contributed by atoms with E-state index in [1.807, 2.05) is 26.0 Å². The zero-order valence-corrected chi connectivity index (χ0v) is 9.65. The third kappa shape index (κ3) is 3.09. The molecule has 0 aromatic carbocycles. The summed E-state index contributed by atoms with van der Waals surface area (Å²) in [7, 11) is 3.50. The Balaban J connectivity index is 2.52. The van der Waals surface area contributed by atoms with Crippen LogP contribution >= 0.6 is 0 Å². The number of nitrogens with one attached hydrogen (secondary N) is 1. The minimum atomic E-state index is -0.208. The minimum Gasteiger partial charge on any atom is -0.468 e. The normalized spacial score (nSPS) is 14.7. The van der Waals surface area contributed by atoms with E-state index in [2.05, 4.69) is 5.32 Å². The Kier molecular flexibility index (Phi) is 3.91. The lowest BCUT2D eigenvalue weighted by molar-refractivity contribution is -0.130. The highest BCUT2D eigenvalue weighted by Crippen LogP contribution is 2.13. The number of furan rings is 1. The molecule has 0 bridgehead atoms. The fourth-order valence-corrected chi connectivity index (χ4v) is 1.45. The van der Waals surface area contributed by atoms with Gasteiger partial charge >= 0.3 is 0 Å². The van der Waals surface area contributed by atoms with Crippen molar-refractivity contribution in [2.45, 2.75) is 25.9 Å². The summed E-state index contributed by atoms with van der Waals surface area (Å²) in [5.41, 5.74) is 0. The molecule has 2 atom stereocenters. The average Bonchev–Trinajstić information content (AvgIpc) is 2.68. The first kappa shape index (κ1) is 11.8. The third-order valence-corrected chi connectivity index (χ3v) is 2.28. The van der Waals surface area contributed by atoms with Crippen molar-refractivity contribution in [2.75, 3.05) is 14.1 Å². The van der Waals surface area contributed by atoms with Crippen molar-refractivity contribution in [3.05, 3.63) is 24.2 Å². The van der Waals surface area contributed by atoms with Gasteiger partial charge in [-0.3, -0.25) is 10.1 Å². The van der Waals surface area contributed by atoms with Crippen LogP contribution in [0.3, 0.4) is 0 Å². The van der Waals surface area contributed by atoms with Crippen molar-refractivity contribution in [1.29, 1.82) is 0 Å². The van der Waals surface area contributed by atoms with Gasteiger partial charge in [0.25, 0.3) is 0 Å². The molecule has 15 heavy (non-hydrogen) atoms. The lowest BCUT2D eigenvalue weighted by Crippen LogP contribution is -2.42. The smallest absolute Gasteiger partial charge is 0.238 e. The molecule has 1 heterocycles. The van der Waals surface area contributed by atoms with Crippen LogP contribution in [0.5, 0.6) is 0 Å². The second kappa shape index (κ2) is 4.98. The van der Waals surface area contributed by atoms with Gasteiger partial charge in [-0.1, -0.05) is 0 Å². The largest absolute Gasteiger partial charge is 0.468 e. The molecular formula is C11H18N2O2. The molecule has 4 nitrogen and oxygen atoms in total. The molecule has 2 unspecified atom stereocenters. The monoisotopic (exact) mass is 210 g/mol. The molecule has 1 N–H and O–H groups in total. The van der Waals surface area contributed by atoms with E-state index >= 15 is 0 Å². The lowest BCUT2D eigenvalue weighted by Gasteiger charge is -2.21. The van der Waals surface area contributed by atoms with Gasteiger partial charge in [-0.05, 0) is 26.0 Å². The number of carbonyl (C=O) groups is 1. The van der Waals surface area contributed by atoms with Crippen LogP contribution in [0.2, 0.25) is 0 Å². The van der Waals surface area contributed by atoms with Crippen molar-refractivity contribution < 1.29 is 9.21 Å². The highest BCUT2D eigenvalue weighted by Gasteiger charge is 2.18. The SMILES string of the molecule is CC(NC(C)c1ccco1)C(=O)N(C)C. The average molecular weight is 210 g/mol. The molecule has 0 aliphatic carbocycles. The molecule has 0 aliphatic heterocycles. The molecule has 1 amide bonds. The predicted octanol–water partition coefficient (Wildman–Crippen LogP) is 1.41. The first-order chi connectivity index (χ1) is 7.02. The molecule has 0 radical (unpaired) electrons. The number of rotatable bonds is 4.